The van der Waals surface area contributed by atoms with E-state index in [0.29, 0.717) is 17.5 Å². The highest BCUT2D eigenvalue weighted by Crippen LogP contribution is 2.39. The van der Waals surface area contributed by atoms with Gasteiger partial charge in [-0.2, -0.15) is 0 Å². The molecule has 0 spiro atoms. The average Bonchev–Trinajstić information content (AvgIpc) is 3.69. The van der Waals surface area contributed by atoms with Gasteiger partial charge in [0.2, 0.25) is 0 Å². The molecule has 0 saturated carbocycles. The van der Waals surface area contributed by atoms with Crippen LogP contribution in [-0.4, -0.2) is 35.3 Å². The first kappa shape index (κ1) is 34.4. The van der Waals surface area contributed by atoms with Crippen LogP contribution in [0.3, 0.4) is 0 Å². The Labute approximate surface area is 343 Å². The van der Waals surface area contributed by atoms with E-state index < -0.39 is 0 Å². The van der Waals surface area contributed by atoms with Crippen LogP contribution < -0.4 is 0 Å². The van der Waals surface area contributed by atoms with Crippen molar-refractivity contribution < 1.29 is 0 Å². The molecule has 0 bridgehead atoms. The molecular formula is C51H31N7S. The molecule has 0 aliphatic heterocycles. The van der Waals surface area contributed by atoms with E-state index in [0.717, 1.165) is 87.1 Å². The van der Waals surface area contributed by atoms with Crippen LogP contribution in [0.2, 0.25) is 0 Å². The second-order valence-corrected chi connectivity index (χ2v) is 15.3. The van der Waals surface area contributed by atoms with Gasteiger partial charge in [-0.25, -0.2) is 19.9 Å². The first-order valence-corrected chi connectivity index (χ1v) is 20.1. The number of fused-ring (bicyclic) bond motifs is 4. The minimum atomic E-state index is 0.624. The van der Waals surface area contributed by atoms with Gasteiger partial charge in [-0.05, 0) is 56.8 Å². The SMILES string of the molecule is c1ccc(-c2ccc(-c3nc(-c4ccccc4)nc(-c4ccc(-c5ccc(-c6cccc(-c7nnnc8c7sc7nc9ccccc9cc78)c6)cc5)cc4)n3)cc2)cc1. The Bertz CT molecular complexity index is 3300. The van der Waals surface area contributed by atoms with Gasteiger partial charge in [0, 0.05) is 33.0 Å². The molecule has 0 N–H and O–H groups in total. The summed E-state index contributed by atoms with van der Waals surface area (Å²) in [5.74, 6) is 1.89. The van der Waals surface area contributed by atoms with Crippen LogP contribution >= 0.6 is 11.3 Å². The van der Waals surface area contributed by atoms with Crippen LogP contribution in [-0.2, 0) is 0 Å². The smallest absolute Gasteiger partial charge is 0.164 e. The van der Waals surface area contributed by atoms with Crippen molar-refractivity contribution in [2.45, 2.75) is 0 Å². The van der Waals surface area contributed by atoms with Crippen molar-refractivity contribution in [3.63, 3.8) is 0 Å². The van der Waals surface area contributed by atoms with E-state index in [1.165, 1.54) is 5.56 Å². The number of hydrogen-bond acceptors (Lipinski definition) is 8. The van der Waals surface area contributed by atoms with Crippen molar-refractivity contribution in [2.24, 2.45) is 0 Å². The van der Waals surface area contributed by atoms with Crippen molar-refractivity contribution in [1.29, 1.82) is 0 Å². The van der Waals surface area contributed by atoms with Crippen LogP contribution in [0.1, 0.15) is 0 Å². The van der Waals surface area contributed by atoms with Gasteiger partial charge in [-0.15, -0.1) is 21.5 Å². The molecule has 0 atom stereocenters. The lowest BCUT2D eigenvalue weighted by molar-refractivity contribution is 0.904. The summed E-state index contributed by atoms with van der Waals surface area (Å²) in [5.41, 5.74) is 13.1. The molecule has 11 aromatic rings. The second-order valence-electron chi connectivity index (χ2n) is 14.3. The molecule has 7 nitrogen and oxygen atoms in total. The molecule has 0 amide bonds. The number of nitrogens with zero attached hydrogens (tertiary/aromatic N) is 7. The molecule has 0 radical (unpaired) electrons. The summed E-state index contributed by atoms with van der Waals surface area (Å²) >= 11 is 1.61. The van der Waals surface area contributed by atoms with Crippen LogP contribution in [0, 0.1) is 0 Å². The highest BCUT2D eigenvalue weighted by atomic mass is 32.1. The largest absolute Gasteiger partial charge is 0.237 e. The van der Waals surface area contributed by atoms with Crippen LogP contribution in [0.15, 0.2) is 188 Å². The number of para-hydroxylation sites is 1. The first-order chi connectivity index (χ1) is 29.2. The molecule has 4 heterocycles. The van der Waals surface area contributed by atoms with E-state index in [9.17, 15) is 0 Å². The van der Waals surface area contributed by atoms with E-state index in [4.69, 9.17) is 19.9 Å². The molecule has 0 unspecified atom stereocenters. The van der Waals surface area contributed by atoms with E-state index in [1.54, 1.807) is 11.3 Å². The lowest BCUT2D eigenvalue weighted by Gasteiger charge is -2.10. The zero-order valence-corrected chi connectivity index (χ0v) is 32.3. The summed E-state index contributed by atoms with van der Waals surface area (Å²) in [6, 6.07) is 64.6. The van der Waals surface area contributed by atoms with Crippen molar-refractivity contribution in [3.05, 3.63) is 188 Å². The fraction of sp³-hybridized carbons (Fsp3) is 0. The Hall–Kier alpha value is -7.81. The quantitative estimate of drug-likeness (QED) is 0.159. The van der Waals surface area contributed by atoms with Crippen molar-refractivity contribution in [3.8, 4) is 78.8 Å². The maximum Gasteiger partial charge on any atom is 0.164 e. The maximum atomic E-state index is 4.98. The van der Waals surface area contributed by atoms with E-state index in [2.05, 4.69) is 149 Å². The highest BCUT2D eigenvalue weighted by molar-refractivity contribution is 7.25. The van der Waals surface area contributed by atoms with E-state index in [-0.39, 0.29) is 0 Å². The Morgan fingerprint density at radius 1 is 0.339 bits per heavy atom. The Morgan fingerprint density at radius 3 is 1.41 bits per heavy atom. The fourth-order valence-electron chi connectivity index (χ4n) is 7.52. The zero-order valence-electron chi connectivity index (χ0n) is 31.4. The predicted molar refractivity (Wildman–Crippen MR) is 239 cm³/mol. The third-order valence-electron chi connectivity index (χ3n) is 10.6. The molecule has 11 rings (SSSR count). The fourth-order valence-corrected chi connectivity index (χ4v) is 8.63. The number of hydrogen-bond donors (Lipinski definition) is 0. The number of rotatable bonds is 7. The maximum absolute atomic E-state index is 4.98. The highest BCUT2D eigenvalue weighted by Gasteiger charge is 2.17. The van der Waals surface area contributed by atoms with Crippen LogP contribution in [0.5, 0.6) is 0 Å². The van der Waals surface area contributed by atoms with E-state index >= 15 is 0 Å². The summed E-state index contributed by atoms with van der Waals surface area (Å²) in [7, 11) is 0. The second kappa shape index (κ2) is 14.6. The molecule has 8 heteroatoms. The standard InChI is InChI=1S/C51H31N7S/c1-3-10-32(11-4-1)33-22-26-38(27-23-33)49-53-48(37-12-5-2-6-13-37)54-50(55-49)39-28-24-35(25-29-39)34-18-20-36(21-19-34)40-15-9-16-42(30-40)45-47-46(57-58-56-45)43-31-41-14-7-8-17-44(41)52-51(43)59-47/h1-31H. The number of aromatic nitrogens is 7. The number of benzene rings is 7. The summed E-state index contributed by atoms with van der Waals surface area (Å²) in [6.45, 7) is 0. The molecule has 0 saturated heterocycles. The molecule has 276 valence electrons. The monoisotopic (exact) mass is 773 g/mol. The van der Waals surface area contributed by atoms with Gasteiger partial charge in [-0.1, -0.05) is 170 Å². The minimum Gasteiger partial charge on any atom is -0.237 e. The van der Waals surface area contributed by atoms with Crippen LogP contribution in [0.25, 0.3) is 110 Å². The van der Waals surface area contributed by atoms with E-state index in [1.807, 2.05) is 54.6 Å². The Kier molecular flexibility index (Phi) is 8.52. The molecular weight excluding hydrogens is 743 g/mol. The predicted octanol–water partition coefficient (Wildman–Crippen LogP) is 12.6. The molecule has 0 fully saturated rings. The van der Waals surface area contributed by atoms with Gasteiger partial charge in [0.05, 0.1) is 10.2 Å². The molecule has 4 aromatic heterocycles. The third-order valence-corrected chi connectivity index (χ3v) is 11.7. The van der Waals surface area contributed by atoms with Crippen molar-refractivity contribution in [2.75, 3.05) is 0 Å². The zero-order chi connectivity index (χ0) is 39.1. The Balaban J connectivity index is 0.878. The lowest BCUT2D eigenvalue weighted by atomic mass is 9.98. The Morgan fingerprint density at radius 2 is 0.797 bits per heavy atom. The normalized spacial score (nSPS) is 11.4. The van der Waals surface area contributed by atoms with Crippen molar-refractivity contribution >= 4 is 42.7 Å². The van der Waals surface area contributed by atoms with Gasteiger partial charge in [0.1, 0.15) is 16.0 Å². The van der Waals surface area contributed by atoms with Gasteiger partial charge in [-0.3, -0.25) is 0 Å². The van der Waals surface area contributed by atoms with Crippen molar-refractivity contribution in [1.82, 2.24) is 35.3 Å². The van der Waals surface area contributed by atoms with Gasteiger partial charge < -0.3 is 0 Å². The molecule has 0 aliphatic carbocycles. The van der Waals surface area contributed by atoms with Gasteiger partial charge >= 0.3 is 0 Å². The summed E-state index contributed by atoms with van der Waals surface area (Å²) < 4.78 is 0.982. The average molecular weight is 774 g/mol. The molecule has 7 aromatic carbocycles. The molecule has 0 aliphatic rings. The van der Waals surface area contributed by atoms with Gasteiger partial charge in [0.25, 0.3) is 0 Å². The number of pyridine rings is 1. The van der Waals surface area contributed by atoms with Gasteiger partial charge in [0.15, 0.2) is 17.5 Å². The minimum absolute atomic E-state index is 0.624. The summed E-state index contributed by atoms with van der Waals surface area (Å²) in [6.07, 6.45) is 0. The molecule has 59 heavy (non-hydrogen) atoms. The third kappa shape index (κ3) is 6.57. The first-order valence-electron chi connectivity index (χ1n) is 19.3. The summed E-state index contributed by atoms with van der Waals surface area (Å²) in [4.78, 5) is 20.7. The summed E-state index contributed by atoms with van der Waals surface area (Å²) in [5, 5.41) is 15.2. The number of thiophene rings is 1. The lowest BCUT2D eigenvalue weighted by Crippen LogP contribution is -2.00. The van der Waals surface area contributed by atoms with Crippen LogP contribution in [0.4, 0.5) is 0 Å². The topological polar surface area (TPSA) is 90.2 Å².